The van der Waals surface area contributed by atoms with E-state index in [4.69, 9.17) is 4.74 Å². The van der Waals surface area contributed by atoms with Gasteiger partial charge in [0.15, 0.2) is 0 Å². The Balaban J connectivity index is 0.000000614. The number of ether oxygens (including phenoxy) is 1. The molecule has 0 saturated carbocycles. The predicted molar refractivity (Wildman–Crippen MR) is 117 cm³/mol. The number of hydrogen-bond donors (Lipinski definition) is 2. The van der Waals surface area contributed by atoms with Gasteiger partial charge >= 0.3 is 0 Å². The number of fused-ring (bicyclic) bond motifs is 1. The van der Waals surface area contributed by atoms with Crippen LogP contribution in [0, 0.1) is 0 Å². The second-order valence-electron chi connectivity index (χ2n) is 5.50. The van der Waals surface area contributed by atoms with Crippen molar-refractivity contribution in [2.45, 2.75) is 33.7 Å². The number of aromatic nitrogens is 3. The number of aromatic amines is 1. The number of H-pyrrole nitrogens is 1. The molecule has 1 aromatic carbocycles. The third kappa shape index (κ3) is 5.02. The Bertz CT molecular complexity index is 828. The first-order valence-electron chi connectivity index (χ1n) is 9.65. The standard InChI is InChI=1S/C17H18N4OS.2C2H6/c1-22-17-12(8-11-4-2-3-5-13(11)21-17)14-9-19-16(20-14)15-10-23-7-6-18-15;2*1-2/h2-5,8-9,15,18H,6-7,10H2,1H3,(H,19,20);2*1-2H3. The molecular weight excluding hydrogens is 356 g/mol. The average molecular weight is 387 g/mol. The van der Waals surface area contributed by atoms with Crippen molar-refractivity contribution in [1.29, 1.82) is 0 Å². The van der Waals surface area contributed by atoms with Gasteiger partial charge in [0.25, 0.3) is 0 Å². The highest BCUT2D eigenvalue weighted by atomic mass is 32.2. The number of imidazole rings is 1. The number of nitrogens with one attached hydrogen (secondary N) is 2. The summed E-state index contributed by atoms with van der Waals surface area (Å²) in [5.74, 6) is 3.79. The van der Waals surface area contributed by atoms with E-state index in [0.29, 0.717) is 5.88 Å². The molecule has 27 heavy (non-hydrogen) atoms. The zero-order chi connectivity index (χ0) is 19.6. The fraction of sp³-hybridized carbons (Fsp3) is 0.429. The lowest BCUT2D eigenvalue weighted by Crippen LogP contribution is -2.30. The lowest BCUT2D eigenvalue weighted by molar-refractivity contribution is 0.401. The minimum Gasteiger partial charge on any atom is -0.480 e. The summed E-state index contributed by atoms with van der Waals surface area (Å²) in [5.41, 5.74) is 2.80. The van der Waals surface area contributed by atoms with E-state index in [9.17, 15) is 0 Å². The zero-order valence-corrected chi connectivity index (χ0v) is 17.7. The van der Waals surface area contributed by atoms with Gasteiger partial charge in [0.2, 0.25) is 5.88 Å². The molecule has 3 heterocycles. The lowest BCUT2D eigenvalue weighted by Gasteiger charge is -2.21. The molecular formula is C21H30N4OS. The molecule has 1 aliphatic heterocycles. The maximum absolute atomic E-state index is 5.48. The van der Waals surface area contributed by atoms with E-state index in [2.05, 4.69) is 32.4 Å². The summed E-state index contributed by atoms with van der Waals surface area (Å²) in [6.45, 7) is 9.02. The van der Waals surface area contributed by atoms with Gasteiger partial charge < -0.3 is 15.0 Å². The summed E-state index contributed by atoms with van der Waals surface area (Å²) >= 11 is 1.95. The number of hydrogen-bond acceptors (Lipinski definition) is 5. The molecule has 6 heteroatoms. The van der Waals surface area contributed by atoms with Gasteiger partial charge in [-0.15, -0.1) is 0 Å². The van der Waals surface area contributed by atoms with Crippen LogP contribution in [0.5, 0.6) is 5.88 Å². The van der Waals surface area contributed by atoms with Gasteiger partial charge in [-0.25, -0.2) is 9.97 Å². The van der Waals surface area contributed by atoms with E-state index in [1.165, 1.54) is 0 Å². The van der Waals surface area contributed by atoms with Crippen LogP contribution in [-0.4, -0.2) is 40.1 Å². The highest BCUT2D eigenvalue weighted by Crippen LogP contribution is 2.31. The molecule has 0 aliphatic carbocycles. The molecule has 5 nitrogen and oxygen atoms in total. The van der Waals surface area contributed by atoms with Crippen LogP contribution in [0.4, 0.5) is 0 Å². The molecule has 1 fully saturated rings. The molecule has 1 aliphatic rings. The smallest absolute Gasteiger partial charge is 0.223 e. The Morgan fingerprint density at radius 3 is 2.63 bits per heavy atom. The maximum Gasteiger partial charge on any atom is 0.223 e. The summed E-state index contributed by atoms with van der Waals surface area (Å²) in [7, 11) is 1.65. The molecule has 2 aromatic heterocycles. The van der Waals surface area contributed by atoms with Crippen LogP contribution in [0.15, 0.2) is 36.5 Å². The molecule has 146 valence electrons. The van der Waals surface area contributed by atoms with Gasteiger partial charge in [-0.2, -0.15) is 11.8 Å². The van der Waals surface area contributed by atoms with E-state index in [0.717, 1.165) is 46.0 Å². The van der Waals surface area contributed by atoms with Crippen molar-refractivity contribution in [1.82, 2.24) is 20.3 Å². The highest BCUT2D eigenvalue weighted by molar-refractivity contribution is 7.99. The van der Waals surface area contributed by atoms with Crippen molar-refractivity contribution < 1.29 is 4.74 Å². The van der Waals surface area contributed by atoms with E-state index in [1.807, 2.05) is 63.9 Å². The summed E-state index contributed by atoms with van der Waals surface area (Å²) < 4.78 is 5.48. The van der Waals surface area contributed by atoms with Crippen LogP contribution < -0.4 is 10.1 Å². The first-order chi connectivity index (χ1) is 13.3. The molecule has 0 amide bonds. The van der Waals surface area contributed by atoms with Gasteiger partial charge in [0.05, 0.1) is 36.1 Å². The third-order valence-corrected chi connectivity index (χ3v) is 5.08. The number of benzene rings is 1. The van der Waals surface area contributed by atoms with E-state index in [-0.39, 0.29) is 6.04 Å². The Hall–Kier alpha value is -2.05. The molecule has 1 saturated heterocycles. The molecule has 0 spiro atoms. The number of pyridine rings is 1. The summed E-state index contributed by atoms with van der Waals surface area (Å²) in [6, 6.07) is 10.4. The molecule has 2 N–H and O–H groups in total. The largest absolute Gasteiger partial charge is 0.480 e. The first kappa shape index (κ1) is 21.3. The second kappa shape index (κ2) is 10.9. The lowest BCUT2D eigenvalue weighted by atomic mass is 10.1. The minimum atomic E-state index is 0.280. The molecule has 4 rings (SSSR count). The number of para-hydroxylation sites is 1. The van der Waals surface area contributed by atoms with Gasteiger partial charge in [-0.05, 0) is 12.1 Å². The topological polar surface area (TPSA) is 62.8 Å². The van der Waals surface area contributed by atoms with E-state index < -0.39 is 0 Å². The van der Waals surface area contributed by atoms with Crippen LogP contribution in [0.25, 0.3) is 22.2 Å². The molecule has 0 bridgehead atoms. The summed E-state index contributed by atoms with van der Waals surface area (Å²) in [5, 5.41) is 4.59. The van der Waals surface area contributed by atoms with Crippen LogP contribution in [-0.2, 0) is 0 Å². The number of nitrogens with zero attached hydrogens (tertiary/aromatic N) is 2. The van der Waals surface area contributed by atoms with Crippen molar-refractivity contribution in [2.75, 3.05) is 25.2 Å². The molecule has 0 radical (unpaired) electrons. The normalized spacial score (nSPS) is 16.0. The summed E-state index contributed by atoms with van der Waals surface area (Å²) in [6.07, 6.45) is 1.87. The fourth-order valence-corrected chi connectivity index (χ4v) is 3.78. The van der Waals surface area contributed by atoms with Crippen LogP contribution in [0.3, 0.4) is 0 Å². The van der Waals surface area contributed by atoms with Gasteiger partial charge in [-0.1, -0.05) is 45.9 Å². The van der Waals surface area contributed by atoms with Crippen molar-refractivity contribution >= 4 is 22.7 Å². The van der Waals surface area contributed by atoms with Crippen molar-refractivity contribution in [3.8, 4) is 17.1 Å². The second-order valence-corrected chi connectivity index (χ2v) is 6.65. The fourth-order valence-electron chi connectivity index (χ4n) is 2.84. The first-order valence-corrected chi connectivity index (χ1v) is 10.8. The number of thioether (sulfide) groups is 1. The Labute approximate surface area is 166 Å². The van der Waals surface area contributed by atoms with Crippen LogP contribution >= 0.6 is 11.8 Å². The highest BCUT2D eigenvalue weighted by Gasteiger charge is 2.19. The van der Waals surface area contributed by atoms with E-state index in [1.54, 1.807) is 7.11 Å². The van der Waals surface area contributed by atoms with Crippen molar-refractivity contribution in [2.24, 2.45) is 0 Å². The maximum atomic E-state index is 5.48. The Morgan fingerprint density at radius 2 is 1.93 bits per heavy atom. The van der Waals surface area contributed by atoms with E-state index >= 15 is 0 Å². The Kier molecular flexibility index (Phi) is 8.61. The van der Waals surface area contributed by atoms with Gasteiger partial charge in [0.1, 0.15) is 5.82 Å². The Morgan fingerprint density at radius 1 is 1.15 bits per heavy atom. The van der Waals surface area contributed by atoms with Crippen molar-refractivity contribution in [3.05, 3.63) is 42.4 Å². The monoisotopic (exact) mass is 386 g/mol. The SMILES string of the molecule is CC.CC.COc1nc2ccccc2cc1-c1cnc(C2CSCCN2)[nH]1. The molecule has 1 atom stereocenters. The van der Waals surface area contributed by atoms with Crippen molar-refractivity contribution in [3.63, 3.8) is 0 Å². The third-order valence-electron chi connectivity index (χ3n) is 4.02. The average Bonchev–Trinajstić information content (AvgIpc) is 3.26. The van der Waals surface area contributed by atoms with Gasteiger partial charge in [-0.3, -0.25) is 0 Å². The summed E-state index contributed by atoms with van der Waals surface area (Å²) in [4.78, 5) is 12.6. The quantitative estimate of drug-likeness (QED) is 0.658. The zero-order valence-electron chi connectivity index (χ0n) is 16.9. The van der Waals surface area contributed by atoms with Crippen LogP contribution in [0.1, 0.15) is 39.6 Å². The molecule has 1 unspecified atom stereocenters. The van der Waals surface area contributed by atoms with Crippen LogP contribution in [0.2, 0.25) is 0 Å². The van der Waals surface area contributed by atoms with Gasteiger partial charge in [0, 0.05) is 23.4 Å². The predicted octanol–water partition coefficient (Wildman–Crippen LogP) is 5.06. The number of rotatable bonds is 3. The minimum absolute atomic E-state index is 0.280. The molecule has 3 aromatic rings. The number of methoxy groups -OCH3 is 1.